The Morgan fingerprint density at radius 3 is 2.65 bits per heavy atom. The first kappa shape index (κ1) is 12.0. The molecule has 0 aliphatic carbocycles. The zero-order chi connectivity index (χ0) is 12.3. The van der Waals surface area contributed by atoms with Crippen molar-refractivity contribution in [2.75, 3.05) is 12.3 Å². The SMILES string of the molecule is Nc1cccc(-c2cc(CCO)ccc2Cl)c1. The Bertz CT molecular complexity index is 525. The van der Waals surface area contributed by atoms with Gasteiger partial charge in [-0.05, 0) is 41.8 Å². The number of hydrogen-bond donors (Lipinski definition) is 2. The summed E-state index contributed by atoms with van der Waals surface area (Å²) in [5, 5.41) is 9.63. The smallest absolute Gasteiger partial charge is 0.0484 e. The van der Waals surface area contributed by atoms with Gasteiger partial charge in [-0.2, -0.15) is 0 Å². The molecule has 0 fully saturated rings. The van der Waals surface area contributed by atoms with Crippen LogP contribution in [0.25, 0.3) is 11.1 Å². The van der Waals surface area contributed by atoms with Crippen molar-refractivity contribution in [3.05, 3.63) is 53.1 Å². The second kappa shape index (κ2) is 5.21. The molecule has 3 N–H and O–H groups in total. The minimum absolute atomic E-state index is 0.137. The van der Waals surface area contributed by atoms with E-state index in [1.807, 2.05) is 42.5 Å². The molecule has 0 unspecified atom stereocenters. The molecule has 0 aliphatic rings. The number of halogens is 1. The lowest BCUT2D eigenvalue weighted by molar-refractivity contribution is 0.299. The average Bonchev–Trinajstić information content (AvgIpc) is 2.32. The molecule has 0 saturated heterocycles. The van der Waals surface area contributed by atoms with E-state index in [2.05, 4.69) is 0 Å². The van der Waals surface area contributed by atoms with Crippen molar-refractivity contribution < 1.29 is 5.11 Å². The van der Waals surface area contributed by atoms with Crippen LogP contribution in [0.3, 0.4) is 0 Å². The van der Waals surface area contributed by atoms with Crippen LogP contribution in [0.2, 0.25) is 5.02 Å². The molecule has 2 aromatic rings. The Kier molecular flexibility index (Phi) is 3.67. The number of aliphatic hydroxyl groups excluding tert-OH is 1. The molecule has 0 aliphatic heterocycles. The third-order valence-corrected chi connectivity index (χ3v) is 2.96. The summed E-state index contributed by atoms with van der Waals surface area (Å²) in [5.74, 6) is 0. The van der Waals surface area contributed by atoms with E-state index in [1.54, 1.807) is 0 Å². The highest BCUT2D eigenvalue weighted by Crippen LogP contribution is 2.30. The molecule has 0 heterocycles. The number of hydrogen-bond acceptors (Lipinski definition) is 2. The third-order valence-electron chi connectivity index (χ3n) is 2.63. The summed E-state index contributed by atoms with van der Waals surface area (Å²) in [7, 11) is 0. The fourth-order valence-electron chi connectivity index (χ4n) is 1.78. The van der Waals surface area contributed by atoms with Crippen LogP contribution in [0.15, 0.2) is 42.5 Å². The molecule has 0 atom stereocenters. The summed E-state index contributed by atoms with van der Waals surface area (Å²) in [6.07, 6.45) is 0.631. The molecular weight excluding hydrogens is 234 g/mol. The van der Waals surface area contributed by atoms with Crippen molar-refractivity contribution in [1.29, 1.82) is 0 Å². The van der Waals surface area contributed by atoms with Gasteiger partial charge >= 0.3 is 0 Å². The van der Waals surface area contributed by atoms with Crippen molar-refractivity contribution in [3.63, 3.8) is 0 Å². The Morgan fingerprint density at radius 1 is 1.12 bits per heavy atom. The zero-order valence-electron chi connectivity index (χ0n) is 9.36. The molecule has 2 rings (SSSR count). The van der Waals surface area contributed by atoms with Gasteiger partial charge < -0.3 is 10.8 Å². The van der Waals surface area contributed by atoms with Crippen LogP contribution in [-0.2, 0) is 6.42 Å². The summed E-state index contributed by atoms with van der Waals surface area (Å²) in [5.41, 5.74) is 9.48. The minimum Gasteiger partial charge on any atom is -0.399 e. The molecular formula is C14H14ClNO. The van der Waals surface area contributed by atoms with E-state index in [4.69, 9.17) is 22.4 Å². The maximum absolute atomic E-state index is 8.94. The topological polar surface area (TPSA) is 46.2 Å². The van der Waals surface area contributed by atoms with E-state index in [9.17, 15) is 0 Å². The maximum Gasteiger partial charge on any atom is 0.0484 e. The predicted octanol–water partition coefficient (Wildman–Crippen LogP) is 3.12. The van der Waals surface area contributed by atoms with Gasteiger partial charge in [0.1, 0.15) is 0 Å². The molecule has 3 heteroatoms. The normalized spacial score (nSPS) is 10.5. The van der Waals surface area contributed by atoms with Gasteiger partial charge in [-0.15, -0.1) is 0 Å². The van der Waals surface area contributed by atoms with Crippen LogP contribution in [0.1, 0.15) is 5.56 Å². The van der Waals surface area contributed by atoms with E-state index in [-0.39, 0.29) is 6.61 Å². The number of nitrogen functional groups attached to an aromatic ring is 1. The van der Waals surface area contributed by atoms with Crippen LogP contribution in [-0.4, -0.2) is 11.7 Å². The summed E-state index contributed by atoms with van der Waals surface area (Å²) >= 11 is 6.18. The minimum atomic E-state index is 0.137. The lowest BCUT2D eigenvalue weighted by atomic mass is 10.0. The van der Waals surface area contributed by atoms with Crippen LogP contribution in [0, 0.1) is 0 Å². The van der Waals surface area contributed by atoms with E-state index in [0.29, 0.717) is 17.1 Å². The standard InChI is InChI=1S/C14H14ClNO/c15-14-5-4-10(6-7-17)8-13(14)11-2-1-3-12(16)9-11/h1-5,8-9,17H,6-7,16H2. The fourth-order valence-corrected chi connectivity index (χ4v) is 2.01. The highest BCUT2D eigenvalue weighted by molar-refractivity contribution is 6.33. The molecule has 0 aromatic heterocycles. The van der Waals surface area contributed by atoms with Gasteiger partial charge in [0.05, 0.1) is 0 Å². The second-order valence-electron chi connectivity index (χ2n) is 3.91. The van der Waals surface area contributed by atoms with Gasteiger partial charge in [0.15, 0.2) is 0 Å². The first-order chi connectivity index (χ1) is 8.20. The number of benzene rings is 2. The van der Waals surface area contributed by atoms with Gasteiger partial charge in [0.25, 0.3) is 0 Å². The van der Waals surface area contributed by atoms with Crippen LogP contribution >= 0.6 is 11.6 Å². The lowest BCUT2D eigenvalue weighted by Crippen LogP contribution is -1.92. The van der Waals surface area contributed by atoms with Gasteiger partial charge in [-0.3, -0.25) is 0 Å². The van der Waals surface area contributed by atoms with Gasteiger partial charge in [-0.25, -0.2) is 0 Å². The third kappa shape index (κ3) is 2.78. The average molecular weight is 248 g/mol. The summed E-state index contributed by atoms with van der Waals surface area (Å²) in [6.45, 7) is 0.137. The molecule has 0 spiro atoms. The molecule has 2 nitrogen and oxygen atoms in total. The monoisotopic (exact) mass is 247 g/mol. The van der Waals surface area contributed by atoms with E-state index < -0.39 is 0 Å². The van der Waals surface area contributed by atoms with Gasteiger partial charge in [0.2, 0.25) is 0 Å². The number of aliphatic hydroxyl groups is 1. The van der Waals surface area contributed by atoms with E-state index in [1.165, 1.54) is 0 Å². The van der Waals surface area contributed by atoms with Gasteiger partial charge in [-0.1, -0.05) is 29.8 Å². The van der Waals surface area contributed by atoms with Crippen molar-refractivity contribution in [2.45, 2.75) is 6.42 Å². The first-order valence-corrected chi connectivity index (χ1v) is 5.83. The summed E-state index contributed by atoms with van der Waals surface area (Å²) < 4.78 is 0. The second-order valence-corrected chi connectivity index (χ2v) is 4.32. The fraction of sp³-hybridized carbons (Fsp3) is 0.143. The van der Waals surface area contributed by atoms with Crippen molar-refractivity contribution in [1.82, 2.24) is 0 Å². The maximum atomic E-state index is 8.94. The highest BCUT2D eigenvalue weighted by Gasteiger charge is 2.05. The van der Waals surface area contributed by atoms with Crippen LogP contribution in [0.4, 0.5) is 5.69 Å². The van der Waals surface area contributed by atoms with Gasteiger partial charge in [0, 0.05) is 22.9 Å². The number of rotatable bonds is 3. The van der Waals surface area contributed by atoms with E-state index >= 15 is 0 Å². The molecule has 0 radical (unpaired) electrons. The number of anilines is 1. The number of nitrogens with two attached hydrogens (primary N) is 1. The van der Waals surface area contributed by atoms with Crippen LogP contribution < -0.4 is 5.73 Å². The highest BCUT2D eigenvalue weighted by atomic mass is 35.5. The van der Waals surface area contributed by atoms with Crippen molar-refractivity contribution in [2.24, 2.45) is 0 Å². The molecule has 0 bridgehead atoms. The lowest BCUT2D eigenvalue weighted by Gasteiger charge is -2.08. The summed E-state index contributed by atoms with van der Waals surface area (Å²) in [6, 6.07) is 13.4. The molecule has 0 saturated carbocycles. The Hall–Kier alpha value is -1.51. The quantitative estimate of drug-likeness (QED) is 0.819. The molecule has 2 aromatic carbocycles. The molecule has 88 valence electrons. The largest absolute Gasteiger partial charge is 0.399 e. The molecule has 17 heavy (non-hydrogen) atoms. The van der Waals surface area contributed by atoms with E-state index in [0.717, 1.165) is 16.7 Å². The van der Waals surface area contributed by atoms with Crippen LogP contribution in [0.5, 0.6) is 0 Å². The van der Waals surface area contributed by atoms with Crippen molar-refractivity contribution in [3.8, 4) is 11.1 Å². The molecule has 0 amide bonds. The Balaban J connectivity index is 2.46. The Morgan fingerprint density at radius 2 is 1.94 bits per heavy atom. The zero-order valence-corrected chi connectivity index (χ0v) is 10.1. The predicted molar refractivity (Wildman–Crippen MR) is 72.1 cm³/mol. The summed E-state index contributed by atoms with van der Waals surface area (Å²) in [4.78, 5) is 0. The Labute approximate surface area is 106 Å². The van der Waals surface area contributed by atoms with Crippen molar-refractivity contribution >= 4 is 17.3 Å². The first-order valence-electron chi connectivity index (χ1n) is 5.46.